The zero-order valence-electron chi connectivity index (χ0n) is 16.9. The van der Waals surface area contributed by atoms with Crippen LogP contribution in [0.1, 0.15) is 19.4 Å². The van der Waals surface area contributed by atoms with Crippen LogP contribution in [-0.4, -0.2) is 54.6 Å². The van der Waals surface area contributed by atoms with Crippen LogP contribution in [0, 0.1) is 10.1 Å². The Kier molecular flexibility index (Phi) is 6.61. The van der Waals surface area contributed by atoms with Crippen LogP contribution < -0.4 is 0 Å². The Morgan fingerprint density at radius 2 is 1.65 bits per heavy atom. The van der Waals surface area contributed by atoms with E-state index in [9.17, 15) is 23.3 Å². The van der Waals surface area contributed by atoms with E-state index in [4.69, 9.17) is 23.2 Å². The molecule has 0 saturated carbocycles. The van der Waals surface area contributed by atoms with Gasteiger partial charge in [-0.25, -0.2) is 8.42 Å². The van der Waals surface area contributed by atoms with Gasteiger partial charge in [0, 0.05) is 32.2 Å². The zero-order chi connectivity index (χ0) is 23.0. The molecule has 1 amide bonds. The highest BCUT2D eigenvalue weighted by molar-refractivity contribution is 7.89. The van der Waals surface area contributed by atoms with Crippen LogP contribution in [0.25, 0.3) is 0 Å². The van der Waals surface area contributed by atoms with Gasteiger partial charge in [0.15, 0.2) is 4.90 Å². The lowest BCUT2D eigenvalue weighted by atomic mass is 9.83. The Balaban J connectivity index is 1.76. The van der Waals surface area contributed by atoms with Crippen LogP contribution in [0.2, 0.25) is 10.0 Å². The molecule has 166 valence electrons. The van der Waals surface area contributed by atoms with Gasteiger partial charge in [-0.15, -0.1) is 0 Å². The third-order valence-electron chi connectivity index (χ3n) is 5.38. The van der Waals surface area contributed by atoms with Crippen molar-refractivity contribution in [2.24, 2.45) is 0 Å². The van der Waals surface area contributed by atoms with Crippen LogP contribution in [0.3, 0.4) is 0 Å². The van der Waals surface area contributed by atoms with Crippen LogP contribution in [0.5, 0.6) is 0 Å². The summed E-state index contributed by atoms with van der Waals surface area (Å²) in [5.74, 6) is -0.173. The lowest BCUT2D eigenvalue weighted by Crippen LogP contribution is -2.54. The van der Waals surface area contributed by atoms with Crippen molar-refractivity contribution in [2.45, 2.75) is 24.2 Å². The summed E-state index contributed by atoms with van der Waals surface area (Å²) in [6, 6.07) is 10.3. The summed E-state index contributed by atoms with van der Waals surface area (Å²) >= 11 is 12.1. The second-order valence-corrected chi connectivity index (χ2v) is 10.4. The van der Waals surface area contributed by atoms with Gasteiger partial charge < -0.3 is 4.90 Å². The molecule has 2 aromatic carbocycles. The molecule has 0 aromatic heterocycles. The number of nitrogens with zero attached hydrogens (tertiary/aromatic N) is 3. The zero-order valence-corrected chi connectivity index (χ0v) is 19.2. The van der Waals surface area contributed by atoms with Crippen molar-refractivity contribution in [3.63, 3.8) is 0 Å². The standard InChI is InChI=1S/C20H21Cl2N3O5S/c1-20(2,14-7-8-15(21)16(22)13-14)19(26)23-9-11-24(12-10-23)31(29,30)18-6-4-3-5-17(18)25(27)28/h3-8,13H,9-12H2,1-2H3. The lowest BCUT2D eigenvalue weighted by Gasteiger charge is -2.38. The van der Waals surface area contributed by atoms with Crippen molar-refractivity contribution in [3.8, 4) is 0 Å². The number of halogens is 2. The maximum Gasteiger partial charge on any atom is 0.289 e. The minimum Gasteiger partial charge on any atom is -0.339 e. The van der Waals surface area contributed by atoms with Gasteiger partial charge in [0.05, 0.1) is 20.4 Å². The SMILES string of the molecule is CC(C)(C(=O)N1CCN(S(=O)(=O)c2ccccc2[N+](=O)[O-])CC1)c1ccc(Cl)c(Cl)c1. The van der Waals surface area contributed by atoms with Gasteiger partial charge in [-0.2, -0.15) is 4.31 Å². The Hall–Kier alpha value is -2.20. The van der Waals surface area contributed by atoms with E-state index >= 15 is 0 Å². The highest BCUT2D eigenvalue weighted by Crippen LogP contribution is 2.32. The van der Waals surface area contributed by atoms with E-state index < -0.39 is 26.0 Å². The summed E-state index contributed by atoms with van der Waals surface area (Å²) in [4.78, 5) is 24.9. The minimum atomic E-state index is -4.06. The van der Waals surface area contributed by atoms with Crippen molar-refractivity contribution in [2.75, 3.05) is 26.2 Å². The molecule has 0 aliphatic carbocycles. The number of nitro groups is 1. The van der Waals surface area contributed by atoms with Gasteiger partial charge in [-0.1, -0.05) is 41.4 Å². The molecule has 0 unspecified atom stereocenters. The number of nitro benzene ring substituents is 1. The smallest absolute Gasteiger partial charge is 0.289 e. The number of benzene rings is 2. The molecule has 1 fully saturated rings. The topological polar surface area (TPSA) is 101 Å². The molecule has 2 aromatic rings. The number of piperazine rings is 1. The van der Waals surface area contributed by atoms with E-state index in [0.717, 1.165) is 6.07 Å². The van der Waals surface area contributed by atoms with Crippen molar-refractivity contribution in [3.05, 3.63) is 68.2 Å². The fourth-order valence-corrected chi connectivity index (χ4v) is 5.38. The quantitative estimate of drug-likeness (QED) is 0.474. The molecule has 8 nitrogen and oxygen atoms in total. The number of para-hydroxylation sites is 1. The van der Waals surface area contributed by atoms with Crippen molar-refractivity contribution < 1.29 is 18.1 Å². The van der Waals surface area contributed by atoms with E-state index in [1.54, 1.807) is 36.9 Å². The maximum atomic E-state index is 13.2. The molecule has 3 rings (SSSR count). The van der Waals surface area contributed by atoms with E-state index in [1.165, 1.54) is 22.5 Å². The monoisotopic (exact) mass is 485 g/mol. The summed E-state index contributed by atoms with van der Waals surface area (Å²) < 4.78 is 27.1. The van der Waals surface area contributed by atoms with Gasteiger partial charge in [-0.05, 0) is 37.6 Å². The second-order valence-electron chi connectivity index (χ2n) is 7.68. The lowest BCUT2D eigenvalue weighted by molar-refractivity contribution is -0.387. The number of sulfonamides is 1. The summed E-state index contributed by atoms with van der Waals surface area (Å²) in [6.07, 6.45) is 0. The Labute approximate surface area is 190 Å². The molecule has 1 heterocycles. The Morgan fingerprint density at radius 3 is 2.23 bits per heavy atom. The van der Waals surface area contributed by atoms with Gasteiger partial charge in [-0.3, -0.25) is 14.9 Å². The van der Waals surface area contributed by atoms with Crippen molar-refractivity contribution >= 4 is 44.8 Å². The van der Waals surface area contributed by atoms with Crippen LogP contribution in [-0.2, 0) is 20.2 Å². The molecule has 31 heavy (non-hydrogen) atoms. The molecule has 0 bridgehead atoms. The fourth-order valence-electron chi connectivity index (χ4n) is 3.50. The van der Waals surface area contributed by atoms with Gasteiger partial charge in [0.2, 0.25) is 15.9 Å². The third-order valence-corrected chi connectivity index (χ3v) is 8.07. The van der Waals surface area contributed by atoms with Crippen molar-refractivity contribution in [1.29, 1.82) is 0 Å². The highest BCUT2D eigenvalue weighted by Gasteiger charge is 2.38. The largest absolute Gasteiger partial charge is 0.339 e. The van der Waals surface area contributed by atoms with E-state index in [1.807, 2.05) is 0 Å². The average molecular weight is 486 g/mol. The summed E-state index contributed by atoms with van der Waals surface area (Å²) in [7, 11) is -4.06. The van der Waals surface area contributed by atoms with Gasteiger partial charge in [0.1, 0.15) is 0 Å². The van der Waals surface area contributed by atoms with E-state index in [0.29, 0.717) is 15.6 Å². The molecule has 1 aliphatic rings. The first-order chi connectivity index (χ1) is 14.5. The molecule has 0 N–H and O–H groups in total. The number of rotatable bonds is 5. The minimum absolute atomic E-state index is 0.0393. The summed E-state index contributed by atoms with van der Waals surface area (Å²) in [5.41, 5.74) is -0.670. The van der Waals surface area contributed by atoms with Crippen LogP contribution >= 0.6 is 23.2 Å². The summed E-state index contributed by atoms with van der Waals surface area (Å²) in [6.45, 7) is 3.96. The normalized spacial score (nSPS) is 15.7. The molecule has 1 saturated heterocycles. The first-order valence-corrected chi connectivity index (χ1v) is 11.6. The molecule has 0 radical (unpaired) electrons. The van der Waals surface area contributed by atoms with Crippen LogP contribution in [0.15, 0.2) is 47.4 Å². The van der Waals surface area contributed by atoms with Gasteiger partial charge in [0.25, 0.3) is 5.69 Å². The average Bonchev–Trinajstić information content (AvgIpc) is 2.75. The van der Waals surface area contributed by atoms with Gasteiger partial charge >= 0.3 is 0 Å². The fraction of sp³-hybridized carbons (Fsp3) is 0.350. The number of hydrogen-bond donors (Lipinski definition) is 0. The molecular weight excluding hydrogens is 465 g/mol. The third kappa shape index (κ3) is 4.55. The predicted octanol–water partition coefficient (Wildman–Crippen LogP) is 3.71. The second kappa shape index (κ2) is 8.74. The molecule has 1 aliphatic heterocycles. The summed E-state index contributed by atoms with van der Waals surface area (Å²) in [5, 5.41) is 12.0. The molecule has 0 spiro atoms. The van der Waals surface area contributed by atoms with E-state index in [-0.39, 0.29) is 37.0 Å². The Morgan fingerprint density at radius 1 is 1.03 bits per heavy atom. The first-order valence-electron chi connectivity index (χ1n) is 9.44. The maximum absolute atomic E-state index is 13.2. The highest BCUT2D eigenvalue weighted by atomic mass is 35.5. The number of hydrogen-bond acceptors (Lipinski definition) is 5. The van der Waals surface area contributed by atoms with Crippen LogP contribution in [0.4, 0.5) is 5.69 Å². The van der Waals surface area contributed by atoms with E-state index in [2.05, 4.69) is 0 Å². The molecule has 0 atom stereocenters. The number of amides is 1. The Bertz CT molecular complexity index is 1130. The number of carbonyl (C=O) groups is 1. The van der Waals surface area contributed by atoms with Crippen molar-refractivity contribution in [1.82, 2.24) is 9.21 Å². The predicted molar refractivity (Wildman–Crippen MR) is 118 cm³/mol. The molecular formula is C20H21Cl2N3O5S. The number of carbonyl (C=O) groups excluding carboxylic acids is 1. The molecule has 11 heteroatoms. The first kappa shape index (κ1) is 23.5.